The zero-order valence-electron chi connectivity index (χ0n) is 11.6. The molecule has 4 heteroatoms. The monoisotopic (exact) mass is 267 g/mol. The Bertz CT molecular complexity index is 629. The first-order valence-electron chi connectivity index (χ1n) is 6.54. The summed E-state index contributed by atoms with van der Waals surface area (Å²) >= 11 is 0. The van der Waals surface area contributed by atoms with Crippen LogP contribution in [0.15, 0.2) is 36.5 Å². The molecule has 0 aliphatic carbocycles. The zero-order chi connectivity index (χ0) is 14.5. The van der Waals surface area contributed by atoms with Crippen LogP contribution < -0.4 is 10.5 Å². The molecule has 0 radical (unpaired) electrons. The van der Waals surface area contributed by atoms with E-state index in [9.17, 15) is 0 Å². The van der Waals surface area contributed by atoms with Crippen LogP contribution in [-0.2, 0) is 0 Å². The highest BCUT2D eigenvalue weighted by atomic mass is 16.5. The molecule has 0 amide bonds. The zero-order valence-corrected chi connectivity index (χ0v) is 11.6. The molecule has 1 aromatic carbocycles. The lowest BCUT2D eigenvalue weighted by Gasteiger charge is -2.11. The first-order chi connectivity index (χ1) is 9.63. The molecular weight excluding hydrogens is 250 g/mol. The molecule has 1 unspecified atom stereocenters. The highest BCUT2D eigenvalue weighted by Crippen LogP contribution is 2.26. The predicted molar refractivity (Wildman–Crippen MR) is 77.4 cm³/mol. The molecule has 2 N–H and O–H groups in total. The molecule has 0 bridgehead atoms. The lowest BCUT2D eigenvalue weighted by molar-refractivity contribution is 0.475. The van der Waals surface area contributed by atoms with Gasteiger partial charge >= 0.3 is 0 Å². The van der Waals surface area contributed by atoms with Crippen LogP contribution in [0.1, 0.15) is 36.2 Å². The van der Waals surface area contributed by atoms with Crippen LogP contribution >= 0.6 is 0 Å². The van der Waals surface area contributed by atoms with Gasteiger partial charge in [0.15, 0.2) is 0 Å². The molecule has 0 spiro atoms. The molecule has 0 aliphatic rings. The summed E-state index contributed by atoms with van der Waals surface area (Å²) in [6.07, 6.45) is 2.50. The van der Waals surface area contributed by atoms with Crippen LogP contribution in [0.25, 0.3) is 0 Å². The summed E-state index contributed by atoms with van der Waals surface area (Å²) in [5, 5.41) is 8.91. The van der Waals surface area contributed by atoms with Gasteiger partial charge in [-0.15, -0.1) is 0 Å². The summed E-state index contributed by atoms with van der Waals surface area (Å²) in [7, 11) is 0. The Balaban J connectivity index is 2.20. The predicted octanol–water partition coefficient (Wildman–Crippen LogP) is 3.46. The summed E-state index contributed by atoms with van der Waals surface area (Å²) in [5.41, 5.74) is 8.31. The third-order valence-corrected chi connectivity index (χ3v) is 3.12. The first kappa shape index (κ1) is 14.0. The van der Waals surface area contributed by atoms with Crippen molar-refractivity contribution in [3.8, 4) is 17.6 Å². The minimum Gasteiger partial charge on any atom is -0.455 e. The molecule has 1 atom stereocenters. The van der Waals surface area contributed by atoms with E-state index in [0.717, 1.165) is 17.7 Å². The van der Waals surface area contributed by atoms with Crippen molar-refractivity contribution in [2.45, 2.75) is 26.3 Å². The minimum absolute atomic E-state index is 0.0484. The summed E-state index contributed by atoms with van der Waals surface area (Å²) in [6, 6.07) is 11.1. The van der Waals surface area contributed by atoms with Gasteiger partial charge in [-0.05, 0) is 43.2 Å². The normalized spacial score (nSPS) is 11.7. The van der Waals surface area contributed by atoms with Crippen LogP contribution in [0, 0.1) is 18.3 Å². The van der Waals surface area contributed by atoms with Crippen molar-refractivity contribution in [1.29, 1.82) is 5.26 Å². The number of ether oxygens (including phenoxy) is 1. The lowest BCUT2D eigenvalue weighted by Crippen LogP contribution is -2.10. The van der Waals surface area contributed by atoms with Crippen molar-refractivity contribution in [3.05, 3.63) is 53.3 Å². The maximum absolute atomic E-state index is 8.91. The maximum Gasteiger partial charge on any atom is 0.145 e. The molecule has 0 fully saturated rings. The van der Waals surface area contributed by atoms with Gasteiger partial charge in [0, 0.05) is 6.04 Å². The smallest absolute Gasteiger partial charge is 0.145 e. The van der Waals surface area contributed by atoms with Gasteiger partial charge in [0.2, 0.25) is 0 Å². The van der Waals surface area contributed by atoms with Crippen LogP contribution in [0.5, 0.6) is 11.5 Å². The van der Waals surface area contributed by atoms with Crippen LogP contribution in [0.2, 0.25) is 0 Å². The van der Waals surface area contributed by atoms with Crippen LogP contribution in [0.4, 0.5) is 0 Å². The quantitative estimate of drug-likeness (QED) is 0.920. The van der Waals surface area contributed by atoms with Gasteiger partial charge in [-0.3, -0.25) is 4.98 Å². The molecule has 4 nitrogen and oxygen atoms in total. The molecule has 0 saturated carbocycles. The Hall–Kier alpha value is -2.38. The van der Waals surface area contributed by atoms with E-state index in [4.69, 9.17) is 15.7 Å². The van der Waals surface area contributed by atoms with E-state index in [1.807, 2.05) is 32.0 Å². The van der Waals surface area contributed by atoms with Crippen molar-refractivity contribution in [1.82, 2.24) is 4.98 Å². The summed E-state index contributed by atoms with van der Waals surface area (Å²) in [4.78, 5) is 4.30. The second-order valence-corrected chi connectivity index (χ2v) is 4.63. The molecule has 1 heterocycles. The highest BCUT2D eigenvalue weighted by molar-refractivity contribution is 5.43. The molecule has 0 aliphatic heterocycles. The summed E-state index contributed by atoms with van der Waals surface area (Å²) in [5.74, 6) is 1.30. The Labute approximate surface area is 118 Å². The van der Waals surface area contributed by atoms with E-state index in [-0.39, 0.29) is 6.04 Å². The van der Waals surface area contributed by atoms with Crippen molar-refractivity contribution in [2.75, 3.05) is 0 Å². The number of pyridine rings is 1. The Morgan fingerprint density at radius 3 is 2.75 bits per heavy atom. The van der Waals surface area contributed by atoms with Crippen molar-refractivity contribution < 1.29 is 4.74 Å². The third-order valence-electron chi connectivity index (χ3n) is 3.12. The fourth-order valence-corrected chi connectivity index (χ4v) is 1.79. The molecule has 2 aromatic rings. The summed E-state index contributed by atoms with van der Waals surface area (Å²) < 4.78 is 5.77. The number of aromatic nitrogens is 1. The molecule has 0 saturated heterocycles. The van der Waals surface area contributed by atoms with E-state index in [1.165, 1.54) is 0 Å². The van der Waals surface area contributed by atoms with E-state index in [2.05, 4.69) is 11.1 Å². The van der Waals surface area contributed by atoms with Gasteiger partial charge < -0.3 is 10.5 Å². The van der Waals surface area contributed by atoms with Crippen molar-refractivity contribution in [2.24, 2.45) is 5.73 Å². The molecule has 1 aromatic heterocycles. The standard InChI is InChI=1S/C16H17N3O/c1-3-14(18)15-7-6-13(10-19-15)20-16-8-12(9-17)5-4-11(16)2/h4-8,10,14H,3,18H2,1-2H3. The Morgan fingerprint density at radius 2 is 2.15 bits per heavy atom. The average molecular weight is 267 g/mol. The lowest BCUT2D eigenvalue weighted by atomic mass is 10.1. The average Bonchev–Trinajstić information content (AvgIpc) is 2.49. The molecule has 102 valence electrons. The fourth-order valence-electron chi connectivity index (χ4n) is 1.79. The number of hydrogen-bond acceptors (Lipinski definition) is 4. The van der Waals surface area contributed by atoms with E-state index in [1.54, 1.807) is 18.3 Å². The number of nitriles is 1. The van der Waals surface area contributed by atoms with Gasteiger partial charge in [0.05, 0.1) is 23.5 Å². The van der Waals surface area contributed by atoms with Gasteiger partial charge in [-0.1, -0.05) is 13.0 Å². The van der Waals surface area contributed by atoms with Gasteiger partial charge in [0.1, 0.15) is 11.5 Å². The number of nitrogens with zero attached hydrogens (tertiary/aromatic N) is 2. The minimum atomic E-state index is -0.0484. The molecule has 2 rings (SSSR count). The number of rotatable bonds is 4. The van der Waals surface area contributed by atoms with Crippen molar-refractivity contribution >= 4 is 0 Å². The topological polar surface area (TPSA) is 71.9 Å². The third kappa shape index (κ3) is 3.14. The number of nitrogens with two attached hydrogens (primary N) is 1. The van der Waals surface area contributed by atoms with E-state index < -0.39 is 0 Å². The summed E-state index contributed by atoms with van der Waals surface area (Å²) in [6.45, 7) is 3.96. The fraction of sp³-hybridized carbons (Fsp3) is 0.250. The van der Waals surface area contributed by atoms with E-state index in [0.29, 0.717) is 17.1 Å². The SMILES string of the molecule is CCC(N)c1ccc(Oc2cc(C#N)ccc2C)cn1. The number of aryl methyl sites for hydroxylation is 1. The Kier molecular flexibility index (Phi) is 4.34. The van der Waals surface area contributed by atoms with Gasteiger partial charge in [0.25, 0.3) is 0 Å². The second kappa shape index (κ2) is 6.18. The second-order valence-electron chi connectivity index (χ2n) is 4.63. The van der Waals surface area contributed by atoms with Gasteiger partial charge in [-0.2, -0.15) is 5.26 Å². The van der Waals surface area contributed by atoms with Gasteiger partial charge in [-0.25, -0.2) is 0 Å². The largest absolute Gasteiger partial charge is 0.455 e. The Morgan fingerprint density at radius 1 is 1.35 bits per heavy atom. The maximum atomic E-state index is 8.91. The number of hydrogen-bond donors (Lipinski definition) is 1. The first-order valence-corrected chi connectivity index (χ1v) is 6.54. The van der Waals surface area contributed by atoms with Crippen LogP contribution in [-0.4, -0.2) is 4.98 Å². The molecular formula is C16H17N3O. The highest BCUT2D eigenvalue weighted by Gasteiger charge is 2.07. The van der Waals surface area contributed by atoms with E-state index >= 15 is 0 Å². The van der Waals surface area contributed by atoms with Crippen LogP contribution in [0.3, 0.4) is 0 Å². The molecule has 20 heavy (non-hydrogen) atoms. The van der Waals surface area contributed by atoms with Crippen molar-refractivity contribution in [3.63, 3.8) is 0 Å². The number of benzene rings is 1.